The van der Waals surface area contributed by atoms with Gasteiger partial charge in [0.15, 0.2) is 0 Å². The molecular formula is C13H8Br2ClFO. The highest BCUT2D eigenvalue weighted by Crippen LogP contribution is 2.34. The average Bonchev–Trinajstić information content (AvgIpc) is 2.33. The predicted octanol–water partition coefficient (Wildman–Crippen LogP) is 5.93. The Morgan fingerprint density at radius 2 is 1.89 bits per heavy atom. The molecule has 0 fully saturated rings. The summed E-state index contributed by atoms with van der Waals surface area (Å²) >= 11 is 12.6. The number of ether oxygens (including phenoxy) is 1. The van der Waals surface area contributed by atoms with Crippen molar-refractivity contribution >= 4 is 43.5 Å². The summed E-state index contributed by atoms with van der Waals surface area (Å²) in [6, 6.07) is 9.67. The van der Waals surface area contributed by atoms with Crippen LogP contribution in [0.3, 0.4) is 0 Å². The fourth-order valence-electron chi connectivity index (χ4n) is 1.41. The van der Waals surface area contributed by atoms with E-state index in [0.717, 1.165) is 5.56 Å². The molecule has 2 rings (SSSR count). The standard InChI is InChI=1S/C13H8Br2ClFO/c14-7-8-1-2-9(16)5-13(8)18-12-4-3-10(17)6-11(12)15/h1-6H,7H2. The maximum absolute atomic E-state index is 13.0. The lowest BCUT2D eigenvalue weighted by molar-refractivity contribution is 0.473. The van der Waals surface area contributed by atoms with Gasteiger partial charge in [-0.2, -0.15) is 0 Å². The highest BCUT2D eigenvalue weighted by atomic mass is 79.9. The first-order valence-corrected chi connectivity index (χ1v) is 7.36. The average molecular weight is 394 g/mol. The number of hydrogen-bond acceptors (Lipinski definition) is 1. The Balaban J connectivity index is 2.36. The molecule has 0 atom stereocenters. The number of alkyl halides is 1. The van der Waals surface area contributed by atoms with Crippen molar-refractivity contribution in [3.8, 4) is 11.5 Å². The van der Waals surface area contributed by atoms with Crippen LogP contribution in [0.2, 0.25) is 5.02 Å². The fourth-order valence-corrected chi connectivity index (χ4v) is 2.47. The summed E-state index contributed by atoms with van der Waals surface area (Å²) in [6.45, 7) is 0. The molecule has 0 aliphatic heterocycles. The van der Waals surface area contributed by atoms with Crippen LogP contribution in [0.4, 0.5) is 4.39 Å². The molecule has 5 heteroatoms. The topological polar surface area (TPSA) is 9.23 Å². The van der Waals surface area contributed by atoms with Crippen LogP contribution >= 0.6 is 43.5 Å². The molecule has 0 amide bonds. The predicted molar refractivity (Wildman–Crippen MR) is 78.3 cm³/mol. The normalized spacial score (nSPS) is 10.4. The van der Waals surface area contributed by atoms with Gasteiger partial charge in [0.2, 0.25) is 0 Å². The van der Waals surface area contributed by atoms with E-state index in [1.165, 1.54) is 12.1 Å². The summed E-state index contributed by atoms with van der Waals surface area (Å²) in [5, 5.41) is 1.24. The van der Waals surface area contributed by atoms with Crippen LogP contribution in [0, 0.1) is 5.82 Å². The molecule has 0 aliphatic carbocycles. The molecule has 2 aromatic rings. The summed E-state index contributed by atoms with van der Waals surface area (Å²) < 4.78 is 19.3. The minimum atomic E-state index is -0.318. The molecule has 94 valence electrons. The van der Waals surface area contributed by atoms with Gasteiger partial charge in [-0.25, -0.2) is 4.39 Å². The summed E-state index contributed by atoms with van der Waals surface area (Å²) in [5.41, 5.74) is 0.968. The second-order valence-electron chi connectivity index (χ2n) is 3.56. The molecule has 0 unspecified atom stereocenters. The molecule has 1 nitrogen and oxygen atoms in total. The Labute approximate surface area is 126 Å². The molecule has 0 aromatic heterocycles. The second kappa shape index (κ2) is 6.04. The number of halogens is 4. The third-order valence-corrected chi connectivity index (χ3v) is 3.75. The molecule has 0 bridgehead atoms. The maximum Gasteiger partial charge on any atom is 0.141 e. The van der Waals surface area contributed by atoms with Gasteiger partial charge in [-0.15, -0.1) is 0 Å². The van der Waals surface area contributed by atoms with Gasteiger partial charge in [0.25, 0.3) is 0 Å². The molecule has 0 saturated carbocycles. The molecule has 0 heterocycles. The smallest absolute Gasteiger partial charge is 0.141 e. The Morgan fingerprint density at radius 1 is 1.11 bits per heavy atom. The van der Waals surface area contributed by atoms with Gasteiger partial charge in [0.1, 0.15) is 17.3 Å². The van der Waals surface area contributed by atoms with E-state index in [9.17, 15) is 4.39 Å². The Hall–Kier alpha value is -0.580. The highest BCUT2D eigenvalue weighted by Gasteiger charge is 2.08. The molecule has 0 N–H and O–H groups in total. The number of rotatable bonds is 3. The van der Waals surface area contributed by atoms with Gasteiger partial charge < -0.3 is 4.74 Å². The van der Waals surface area contributed by atoms with Crippen LogP contribution in [0.25, 0.3) is 0 Å². The largest absolute Gasteiger partial charge is 0.456 e. The van der Waals surface area contributed by atoms with Gasteiger partial charge >= 0.3 is 0 Å². The van der Waals surface area contributed by atoms with Gasteiger partial charge in [0.05, 0.1) is 4.47 Å². The summed E-state index contributed by atoms with van der Waals surface area (Å²) in [5.74, 6) is 0.869. The molecule has 0 saturated heterocycles. The second-order valence-corrected chi connectivity index (χ2v) is 5.41. The van der Waals surface area contributed by atoms with Gasteiger partial charge in [-0.3, -0.25) is 0 Å². The van der Waals surface area contributed by atoms with E-state index in [1.807, 2.05) is 6.07 Å². The fraction of sp³-hybridized carbons (Fsp3) is 0.0769. The number of benzene rings is 2. The van der Waals surface area contributed by atoms with Crippen molar-refractivity contribution < 1.29 is 9.13 Å². The van der Waals surface area contributed by atoms with Crippen LogP contribution in [0.1, 0.15) is 5.56 Å². The third-order valence-electron chi connectivity index (χ3n) is 2.29. The zero-order valence-corrected chi connectivity index (χ0v) is 13.0. The van der Waals surface area contributed by atoms with Gasteiger partial charge in [-0.05, 0) is 46.3 Å². The highest BCUT2D eigenvalue weighted by molar-refractivity contribution is 9.10. The SMILES string of the molecule is Fc1ccc(Oc2cc(Cl)ccc2CBr)c(Br)c1. The zero-order chi connectivity index (χ0) is 13.1. The zero-order valence-electron chi connectivity index (χ0n) is 9.09. The van der Waals surface area contributed by atoms with E-state index in [-0.39, 0.29) is 5.82 Å². The lowest BCUT2D eigenvalue weighted by atomic mass is 10.2. The number of hydrogen-bond donors (Lipinski definition) is 0. The van der Waals surface area contributed by atoms with Crippen molar-refractivity contribution in [2.75, 3.05) is 0 Å². The summed E-state index contributed by atoms with van der Waals surface area (Å²) in [7, 11) is 0. The Morgan fingerprint density at radius 3 is 2.56 bits per heavy atom. The van der Waals surface area contributed by atoms with Crippen LogP contribution in [-0.4, -0.2) is 0 Å². The minimum absolute atomic E-state index is 0.318. The van der Waals surface area contributed by atoms with Crippen molar-refractivity contribution in [1.29, 1.82) is 0 Å². The van der Waals surface area contributed by atoms with E-state index in [1.54, 1.807) is 18.2 Å². The first kappa shape index (κ1) is 13.8. The molecular weight excluding hydrogens is 386 g/mol. The lowest BCUT2D eigenvalue weighted by Crippen LogP contribution is -1.91. The maximum atomic E-state index is 13.0. The van der Waals surface area contributed by atoms with Crippen molar-refractivity contribution in [3.05, 3.63) is 57.3 Å². The van der Waals surface area contributed by atoms with E-state index in [4.69, 9.17) is 16.3 Å². The quantitative estimate of drug-likeness (QED) is 0.587. The van der Waals surface area contributed by atoms with E-state index in [2.05, 4.69) is 31.9 Å². The van der Waals surface area contributed by atoms with E-state index < -0.39 is 0 Å². The molecule has 0 radical (unpaired) electrons. The lowest BCUT2D eigenvalue weighted by Gasteiger charge is -2.11. The van der Waals surface area contributed by atoms with Crippen LogP contribution < -0.4 is 4.74 Å². The summed E-state index contributed by atoms with van der Waals surface area (Å²) in [4.78, 5) is 0. The molecule has 0 aliphatic rings. The van der Waals surface area contributed by atoms with Crippen molar-refractivity contribution in [2.24, 2.45) is 0 Å². The first-order chi connectivity index (χ1) is 8.60. The summed E-state index contributed by atoms with van der Waals surface area (Å²) in [6.07, 6.45) is 0. The molecule has 2 aromatic carbocycles. The van der Waals surface area contributed by atoms with Crippen molar-refractivity contribution in [1.82, 2.24) is 0 Å². The van der Waals surface area contributed by atoms with E-state index in [0.29, 0.717) is 26.3 Å². The van der Waals surface area contributed by atoms with Crippen LogP contribution in [0.5, 0.6) is 11.5 Å². The minimum Gasteiger partial charge on any atom is -0.456 e. The van der Waals surface area contributed by atoms with Gasteiger partial charge in [0, 0.05) is 15.9 Å². The van der Waals surface area contributed by atoms with Crippen molar-refractivity contribution in [3.63, 3.8) is 0 Å². The Kier molecular flexibility index (Phi) is 4.65. The van der Waals surface area contributed by atoms with Crippen LogP contribution in [0.15, 0.2) is 40.9 Å². The van der Waals surface area contributed by atoms with Crippen LogP contribution in [-0.2, 0) is 5.33 Å². The Bertz CT molecular complexity index is 575. The third kappa shape index (κ3) is 3.25. The molecule has 0 spiro atoms. The monoisotopic (exact) mass is 392 g/mol. The molecule has 18 heavy (non-hydrogen) atoms. The van der Waals surface area contributed by atoms with E-state index >= 15 is 0 Å². The first-order valence-electron chi connectivity index (χ1n) is 5.07. The van der Waals surface area contributed by atoms with Crippen molar-refractivity contribution in [2.45, 2.75) is 5.33 Å². The van der Waals surface area contributed by atoms with Gasteiger partial charge in [-0.1, -0.05) is 33.6 Å².